The van der Waals surface area contributed by atoms with Crippen molar-refractivity contribution in [3.05, 3.63) is 95.6 Å². The summed E-state index contributed by atoms with van der Waals surface area (Å²) < 4.78 is 10.5. The van der Waals surface area contributed by atoms with Crippen molar-refractivity contribution >= 4 is 23.1 Å². The number of hydrogen-bond donors (Lipinski definition) is 1. The number of methoxy groups -OCH3 is 2. The van der Waals surface area contributed by atoms with Gasteiger partial charge in [0.25, 0.3) is 11.7 Å². The molecule has 1 aliphatic rings. The highest BCUT2D eigenvalue weighted by Gasteiger charge is 2.47. The Morgan fingerprint density at radius 1 is 0.839 bits per heavy atom. The number of nitrogens with zero attached hydrogens (tertiary/aromatic N) is 1. The van der Waals surface area contributed by atoms with Crippen LogP contribution < -0.4 is 14.4 Å². The molecule has 0 aliphatic carbocycles. The Balaban J connectivity index is 1.93. The van der Waals surface area contributed by atoms with Crippen LogP contribution in [0.4, 0.5) is 5.69 Å². The Morgan fingerprint density at radius 2 is 1.52 bits per heavy atom. The first kappa shape index (κ1) is 20.2. The third-order valence-corrected chi connectivity index (χ3v) is 5.25. The lowest BCUT2D eigenvalue weighted by atomic mass is 9.95. The monoisotopic (exact) mass is 415 g/mol. The highest BCUT2D eigenvalue weighted by atomic mass is 16.5. The maximum Gasteiger partial charge on any atom is 0.300 e. The van der Waals surface area contributed by atoms with Crippen LogP contribution in [0.5, 0.6) is 11.5 Å². The molecule has 31 heavy (non-hydrogen) atoms. The highest BCUT2D eigenvalue weighted by molar-refractivity contribution is 6.51. The molecule has 0 bridgehead atoms. The van der Waals surface area contributed by atoms with Crippen LogP contribution in [-0.4, -0.2) is 31.0 Å². The Morgan fingerprint density at radius 3 is 2.16 bits per heavy atom. The van der Waals surface area contributed by atoms with Gasteiger partial charge in [0, 0.05) is 11.3 Å². The van der Waals surface area contributed by atoms with E-state index in [4.69, 9.17) is 9.47 Å². The molecule has 3 aromatic carbocycles. The molecule has 0 saturated carbocycles. The van der Waals surface area contributed by atoms with Gasteiger partial charge in [-0.3, -0.25) is 14.5 Å². The first-order chi connectivity index (χ1) is 15.0. The van der Waals surface area contributed by atoms with Gasteiger partial charge < -0.3 is 14.6 Å². The smallest absolute Gasteiger partial charge is 0.300 e. The Kier molecular flexibility index (Phi) is 5.45. The minimum atomic E-state index is -0.806. The first-order valence-corrected chi connectivity index (χ1v) is 9.69. The molecule has 0 spiro atoms. The zero-order valence-electron chi connectivity index (χ0n) is 17.1. The summed E-state index contributed by atoms with van der Waals surface area (Å²) in [6, 6.07) is 21.9. The fraction of sp³-hybridized carbons (Fsp3) is 0.120. The largest absolute Gasteiger partial charge is 0.507 e. The molecule has 0 radical (unpaired) electrons. The molecule has 1 N–H and O–H groups in total. The zero-order valence-corrected chi connectivity index (χ0v) is 17.1. The lowest BCUT2D eigenvalue weighted by Crippen LogP contribution is -2.29. The fourth-order valence-electron chi connectivity index (χ4n) is 3.72. The number of carbonyl (C=O) groups is 2. The van der Waals surface area contributed by atoms with Gasteiger partial charge in [0.05, 0.1) is 25.8 Å². The van der Waals surface area contributed by atoms with Crippen molar-refractivity contribution in [2.45, 2.75) is 6.04 Å². The van der Waals surface area contributed by atoms with Crippen LogP contribution in [0.15, 0.2) is 84.4 Å². The summed E-state index contributed by atoms with van der Waals surface area (Å²) in [5, 5.41) is 11.1. The molecule has 1 heterocycles. The van der Waals surface area contributed by atoms with Gasteiger partial charge in [-0.05, 0) is 54.1 Å². The van der Waals surface area contributed by atoms with Gasteiger partial charge >= 0.3 is 0 Å². The van der Waals surface area contributed by atoms with Crippen LogP contribution in [-0.2, 0) is 9.59 Å². The van der Waals surface area contributed by atoms with E-state index in [2.05, 4.69) is 0 Å². The van der Waals surface area contributed by atoms with Gasteiger partial charge in [0.1, 0.15) is 17.3 Å². The number of Topliss-reactive ketones (excluding diaryl/α,β-unsaturated/α-hetero) is 1. The second kappa shape index (κ2) is 8.36. The molecule has 1 aliphatic heterocycles. The predicted octanol–water partition coefficient (Wildman–Crippen LogP) is 4.33. The van der Waals surface area contributed by atoms with Crippen LogP contribution >= 0.6 is 0 Å². The Bertz CT molecular complexity index is 1150. The molecule has 6 nitrogen and oxygen atoms in total. The van der Waals surface area contributed by atoms with Crippen molar-refractivity contribution in [1.82, 2.24) is 0 Å². The van der Waals surface area contributed by atoms with Crippen LogP contribution in [0.25, 0.3) is 5.76 Å². The summed E-state index contributed by atoms with van der Waals surface area (Å²) in [5.74, 6) is -0.488. The van der Waals surface area contributed by atoms with Crippen molar-refractivity contribution in [3.63, 3.8) is 0 Å². The third-order valence-electron chi connectivity index (χ3n) is 5.25. The van der Waals surface area contributed by atoms with E-state index in [1.165, 1.54) is 4.90 Å². The number of aliphatic hydroxyl groups excluding tert-OH is 1. The standard InChI is InChI=1S/C25H21NO5/c1-30-19-13-11-16(12-14-19)23(27)21-22(17-7-6-10-20(15-17)31-2)26(25(29)24(21)28)18-8-4-3-5-9-18/h3-15,22,27H,1-2H3/b23-21-. The van der Waals surface area contributed by atoms with Crippen molar-refractivity contribution in [1.29, 1.82) is 0 Å². The number of hydrogen-bond acceptors (Lipinski definition) is 5. The number of para-hydroxylation sites is 1. The number of ketones is 1. The van der Waals surface area contributed by atoms with Crippen LogP contribution in [0.1, 0.15) is 17.2 Å². The summed E-state index contributed by atoms with van der Waals surface area (Å²) >= 11 is 0. The Hall–Kier alpha value is -4.06. The topological polar surface area (TPSA) is 76.1 Å². The number of aliphatic hydroxyl groups is 1. The molecule has 3 aromatic rings. The van der Waals surface area contributed by atoms with E-state index in [-0.39, 0.29) is 11.3 Å². The zero-order chi connectivity index (χ0) is 22.0. The molecule has 0 aromatic heterocycles. The second-order valence-electron chi connectivity index (χ2n) is 7.01. The minimum absolute atomic E-state index is 0.0206. The molecule has 1 unspecified atom stereocenters. The highest BCUT2D eigenvalue weighted by Crippen LogP contribution is 2.42. The van der Waals surface area contributed by atoms with Gasteiger partial charge in [-0.25, -0.2) is 0 Å². The summed E-state index contributed by atoms with van der Waals surface area (Å²) in [4.78, 5) is 27.6. The van der Waals surface area contributed by atoms with E-state index in [0.29, 0.717) is 28.3 Å². The quantitative estimate of drug-likeness (QED) is 0.381. The van der Waals surface area contributed by atoms with Crippen LogP contribution in [0.3, 0.4) is 0 Å². The molecule has 6 heteroatoms. The first-order valence-electron chi connectivity index (χ1n) is 9.69. The third kappa shape index (κ3) is 3.64. The van der Waals surface area contributed by atoms with E-state index >= 15 is 0 Å². The maximum absolute atomic E-state index is 13.1. The van der Waals surface area contributed by atoms with E-state index in [9.17, 15) is 14.7 Å². The lowest BCUT2D eigenvalue weighted by Gasteiger charge is -2.25. The van der Waals surface area contributed by atoms with Crippen molar-refractivity contribution in [3.8, 4) is 11.5 Å². The van der Waals surface area contributed by atoms with Gasteiger partial charge in [0.2, 0.25) is 0 Å². The summed E-state index contributed by atoms with van der Waals surface area (Å²) in [5.41, 5.74) is 1.65. The number of rotatable bonds is 5. The molecular weight excluding hydrogens is 394 g/mol. The van der Waals surface area contributed by atoms with Crippen LogP contribution in [0, 0.1) is 0 Å². The normalized spacial score (nSPS) is 17.6. The molecule has 156 valence electrons. The number of amides is 1. The molecular formula is C25H21NO5. The van der Waals surface area contributed by atoms with Crippen molar-refractivity contribution in [2.24, 2.45) is 0 Å². The van der Waals surface area contributed by atoms with E-state index in [1.807, 2.05) is 6.07 Å². The SMILES string of the molecule is COc1ccc(/C(O)=C2/C(=O)C(=O)N(c3ccccc3)C2c2cccc(OC)c2)cc1. The average Bonchev–Trinajstić information content (AvgIpc) is 3.09. The summed E-state index contributed by atoms with van der Waals surface area (Å²) in [6.07, 6.45) is 0. The molecule has 1 atom stereocenters. The van der Waals surface area contributed by atoms with Gasteiger partial charge in [0.15, 0.2) is 0 Å². The average molecular weight is 415 g/mol. The Labute approximate surface area is 180 Å². The molecule has 1 fully saturated rings. The van der Waals surface area contributed by atoms with E-state index in [0.717, 1.165) is 0 Å². The van der Waals surface area contributed by atoms with Crippen molar-refractivity contribution < 1.29 is 24.2 Å². The van der Waals surface area contributed by atoms with E-state index in [1.54, 1.807) is 87.0 Å². The van der Waals surface area contributed by atoms with Gasteiger partial charge in [-0.1, -0.05) is 30.3 Å². The summed E-state index contributed by atoms with van der Waals surface area (Å²) in [7, 11) is 3.09. The predicted molar refractivity (Wildman–Crippen MR) is 117 cm³/mol. The number of anilines is 1. The minimum Gasteiger partial charge on any atom is -0.507 e. The number of carbonyl (C=O) groups excluding carboxylic acids is 2. The lowest BCUT2D eigenvalue weighted by molar-refractivity contribution is -0.132. The van der Waals surface area contributed by atoms with Crippen LogP contribution in [0.2, 0.25) is 0 Å². The maximum atomic E-state index is 13.1. The van der Waals surface area contributed by atoms with Crippen molar-refractivity contribution in [2.75, 3.05) is 19.1 Å². The second-order valence-corrected chi connectivity index (χ2v) is 7.01. The summed E-state index contributed by atoms with van der Waals surface area (Å²) in [6.45, 7) is 0. The van der Waals surface area contributed by atoms with Gasteiger partial charge in [-0.15, -0.1) is 0 Å². The van der Waals surface area contributed by atoms with E-state index < -0.39 is 17.7 Å². The fourth-order valence-corrected chi connectivity index (χ4v) is 3.72. The number of ether oxygens (including phenoxy) is 2. The molecule has 1 amide bonds. The van der Waals surface area contributed by atoms with Gasteiger partial charge in [-0.2, -0.15) is 0 Å². The molecule has 1 saturated heterocycles. The number of benzene rings is 3. The molecule has 4 rings (SSSR count).